The number of likely N-dealkylation sites (N-methyl/N-ethyl adjacent to an activating group) is 1. The van der Waals surface area contributed by atoms with Crippen LogP contribution in [0.2, 0.25) is 0 Å². The number of nitrogens with zero attached hydrogens (tertiary/aromatic N) is 1. The van der Waals surface area contributed by atoms with Gasteiger partial charge in [0.2, 0.25) is 5.91 Å². The summed E-state index contributed by atoms with van der Waals surface area (Å²) >= 11 is 3.61. The Bertz CT molecular complexity index is 463. The minimum atomic E-state index is 0.0565. The van der Waals surface area contributed by atoms with Crippen molar-refractivity contribution in [1.29, 1.82) is 0 Å². The Hall–Kier alpha value is -1.07. The van der Waals surface area contributed by atoms with E-state index in [9.17, 15) is 4.79 Å². The number of hydrogen-bond acceptors (Lipinski definition) is 3. The van der Waals surface area contributed by atoms with E-state index in [2.05, 4.69) is 58.6 Å². The van der Waals surface area contributed by atoms with Crippen LogP contribution in [-0.4, -0.2) is 32.1 Å². The van der Waals surface area contributed by atoms with Crippen molar-refractivity contribution in [2.45, 2.75) is 39.8 Å². The average molecular weight is 356 g/mol. The second-order valence-electron chi connectivity index (χ2n) is 5.52. The molecular formula is C16H26BrN3O. The van der Waals surface area contributed by atoms with Gasteiger partial charge in [0.25, 0.3) is 0 Å². The van der Waals surface area contributed by atoms with Gasteiger partial charge in [0.1, 0.15) is 0 Å². The van der Waals surface area contributed by atoms with Crippen LogP contribution in [0.3, 0.4) is 0 Å². The van der Waals surface area contributed by atoms with Crippen LogP contribution < -0.4 is 15.5 Å². The minimum Gasteiger partial charge on any atom is -0.365 e. The lowest BCUT2D eigenvalue weighted by molar-refractivity contribution is -0.119. The SMILES string of the molecule is CCCNC(=O)CN(C)c1ccc(CNC(C)C)c(Br)c1. The Morgan fingerprint density at radius 1 is 1.38 bits per heavy atom. The van der Waals surface area contributed by atoms with Crippen LogP contribution in [0.15, 0.2) is 22.7 Å². The molecule has 4 nitrogen and oxygen atoms in total. The van der Waals surface area contributed by atoms with Gasteiger partial charge < -0.3 is 15.5 Å². The fourth-order valence-corrected chi connectivity index (χ4v) is 2.37. The number of carbonyl (C=O) groups is 1. The number of halogens is 1. The summed E-state index contributed by atoms with van der Waals surface area (Å²) in [5, 5.41) is 6.29. The molecule has 0 aliphatic carbocycles. The highest BCUT2D eigenvalue weighted by molar-refractivity contribution is 9.10. The second-order valence-corrected chi connectivity index (χ2v) is 6.37. The summed E-state index contributed by atoms with van der Waals surface area (Å²) in [6.45, 7) is 8.24. The Morgan fingerprint density at radius 2 is 2.10 bits per heavy atom. The first kappa shape index (κ1) is 18.0. The van der Waals surface area contributed by atoms with Gasteiger partial charge in [-0.25, -0.2) is 0 Å². The maximum atomic E-state index is 11.7. The molecule has 118 valence electrons. The molecule has 0 saturated carbocycles. The number of nitrogens with one attached hydrogen (secondary N) is 2. The van der Waals surface area contributed by atoms with Gasteiger partial charge in [-0.05, 0) is 24.1 Å². The van der Waals surface area contributed by atoms with Crippen LogP contribution in [0.5, 0.6) is 0 Å². The molecule has 1 rings (SSSR count). The van der Waals surface area contributed by atoms with E-state index in [0.717, 1.165) is 29.7 Å². The van der Waals surface area contributed by atoms with Crippen LogP contribution in [-0.2, 0) is 11.3 Å². The molecule has 0 saturated heterocycles. The lowest BCUT2D eigenvalue weighted by Crippen LogP contribution is -2.35. The second kappa shape index (κ2) is 9.05. The van der Waals surface area contributed by atoms with E-state index in [1.165, 1.54) is 5.56 Å². The van der Waals surface area contributed by atoms with Gasteiger partial charge in [-0.1, -0.05) is 42.8 Å². The van der Waals surface area contributed by atoms with Crippen LogP contribution in [0.1, 0.15) is 32.8 Å². The fraction of sp³-hybridized carbons (Fsp3) is 0.562. The maximum absolute atomic E-state index is 11.7. The van der Waals surface area contributed by atoms with Crippen molar-refractivity contribution in [2.75, 3.05) is 25.0 Å². The molecule has 0 atom stereocenters. The Kier molecular flexibility index (Phi) is 7.75. The summed E-state index contributed by atoms with van der Waals surface area (Å²) in [5.74, 6) is 0.0565. The number of carbonyl (C=O) groups excluding carboxylic acids is 1. The third kappa shape index (κ3) is 6.48. The zero-order valence-corrected chi connectivity index (χ0v) is 15.0. The van der Waals surface area contributed by atoms with Gasteiger partial charge >= 0.3 is 0 Å². The molecule has 2 N–H and O–H groups in total. The number of hydrogen-bond donors (Lipinski definition) is 2. The molecule has 0 fully saturated rings. The topological polar surface area (TPSA) is 44.4 Å². The van der Waals surface area contributed by atoms with E-state index in [1.54, 1.807) is 0 Å². The van der Waals surface area contributed by atoms with E-state index >= 15 is 0 Å². The molecule has 5 heteroatoms. The molecule has 21 heavy (non-hydrogen) atoms. The first-order chi connectivity index (χ1) is 9.93. The zero-order chi connectivity index (χ0) is 15.8. The van der Waals surface area contributed by atoms with Crippen molar-refractivity contribution in [3.05, 3.63) is 28.2 Å². The first-order valence-corrected chi connectivity index (χ1v) is 8.23. The van der Waals surface area contributed by atoms with E-state index in [0.29, 0.717) is 12.6 Å². The first-order valence-electron chi connectivity index (χ1n) is 7.43. The Balaban J connectivity index is 2.63. The number of rotatable bonds is 8. The summed E-state index contributed by atoms with van der Waals surface area (Å²) in [6, 6.07) is 6.66. The number of amides is 1. The summed E-state index contributed by atoms with van der Waals surface area (Å²) in [5.41, 5.74) is 2.25. The number of benzene rings is 1. The van der Waals surface area contributed by atoms with Crippen LogP contribution in [0.4, 0.5) is 5.69 Å². The zero-order valence-electron chi connectivity index (χ0n) is 13.4. The highest BCUT2D eigenvalue weighted by Crippen LogP contribution is 2.23. The lowest BCUT2D eigenvalue weighted by Gasteiger charge is -2.20. The highest BCUT2D eigenvalue weighted by atomic mass is 79.9. The smallest absolute Gasteiger partial charge is 0.239 e. The third-order valence-electron chi connectivity index (χ3n) is 3.13. The van der Waals surface area contributed by atoms with E-state index in [4.69, 9.17) is 0 Å². The largest absolute Gasteiger partial charge is 0.365 e. The summed E-state index contributed by atoms with van der Waals surface area (Å²) in [7, 11) is 1.93. The average Bonchev–Trinajstić information content (AvgIpc) is 2.43. The molecule has 1 amide bonds. The lowest BCUT2D eigenvalue weighted by atomic mass is 10.2. The van der Waals surface area contributed by atoms with Crippen molar-refractivity contribution in [3.63, 3.8) is 0 Å². The maximum Gasteiger partial charge on any atom is 0.239 e. The van der Waals surface area contributed by atoms with E-state index in [1.807, 2.05) is 18.9 Å². The summed E-state index contributed by atoms with van der Waals surface area (Å²) < 4.78 is 1.06. The monoisotopic (exact) mass is 355 g/mol. The molecule has 0 unspecified atom stereocenters. The van der Waals surface area contributed by atoms with Gasteiger partial charge in [-0.2, -0.15) is 0 Å². The predicted octanol–water partition coefficient (Wildman–Crippen LogP) is 2.91. The summed E-state index contributed by atoms with van der Waals surface area (Å²) in [6.07, 6.45) is 0.957. The molecule has 0 aliphatic heterocycles. The van der Waals surface area contributed by atoms with Crippen molar-refractivity contribution in [1.82, 2.24) is 10.6 Å². The molecule has 0 heterocycles. The van der Waals surface area contributed by atoms with E-state index < -0.39 is 0 Å². The molecular weight excluding hydrogens is 330 g/mol. The normalized spacial score (nSPS) is 10.8. The van der Waals surface area contributed by atoms with Crippen LogP contribution in [0.25, 0.3) is 0 Å². The third-order valence-corrected chi connectivity index (χ3v) is 3.87. The summed E-state index contributed by atoms with van der Waals surface area (Å²) in [4.78, 5) is 13.7. The van der Waals surface area contributed by atoms with Crippen LogP contribution >= 0.6 is 15.9 Å². The Labute approximate surface area is 136 Å². The van der Waals surface area contributed by atoms with Gasteiger partial charge in [-0.15, -0.1) is 0 Å². The Morgan fingerprint density at radius 3 is 2.67 bits per heavy atom. The fourth-order valence-electron chi connectivity index (χ4n) is 1.86. The van der Waals surface area contributed by atoms with Crippen molar-refractivity contribution in [2.24, 2.45) is 0 Å². The molecule has 0 aliphatic rings. The molecule has 0 aromatic heterocycles. The van der Waals surface area contributed by atoms with Crippen molar-refractivity contribution >= 4 is 27.5 Å². The minimum absolute atomic E-state index is 0.0565. The molecule has 1 aromatic carbocycles. The predicted molar refractivity (Wildman–Crippen MR) is 92.7 cm³/mol. The molecule has 0 radical (unpaired) electrons. The van der Waals surface area contributed by atoms with Gasteiger partial charge in [0.05, 0.1) is 6.54 Å². The highest BCUT2D eigenvalue weighted by Gasteiger charge is 2.09. The van der Waals surface area contributed by atoms with Gasteiger partial charge in [0, 0.05) is 36.3 Å². The van der Waals surface area contributed by atoms with Crippen LogP contribution in [0, 0.1) is 0 Å². The molecule has 1 aromatic rings. The van der Waals surface area contributed by atoms with Gasteiger partial charge in [0.15, 0.2) is 0 Å². The molecule has 0 bridgehead atoms. The molecule has 0 spiro atoms. The van der Waals surface area contributed by atoms with Gasteiger partial charge in [-0.3, -0.25) is 4.79 Å². The van der Waals surface area contributed by atoms with E-state index in [-0.39, 0.29) is 5.91 Å². The standard InChI is InChI=1S/C16H26BrN3O/c1-5-8-18-16(21)11-20(4)14-7-6-13(15(17)9-14)10-19-12(2)3/h6-7,9,12,19H,5,8,10-11H2,1-4H3,(H,18,21). The quantitative estimate of drug-likeness (QED) is 0.753. The van der Waals surface area contributed by atoms with Crippen molar-refractivity contribution in [3.8, 4) is 0 Å². The number of anilines is 1. The van der Waals surface area contributed by atoms with Crippen molar-refractivity contribution < 1.29 is 4.79 Å².